The Morgan fingerprint density at radius 1 is 1.17 bits per heavy atom. The van der Waals surface area contributed by atoms with Crippen LogP contribution in [0.1, 0.15) is 44.9 Å². The van der Waals surface area contributed by atoms with E-state index in [1.165, 1.54) is 44.9 Å². The zero-order valence-corrected chi connectivity index (χ0v) is 14.6. The fourth-order valence-electron chi connectivity index (χ4n) is 5.79. The minimum atomic E-state index is 0.0927. The summed E-state index contributed by atoms with van der Waals surface area (Å²) in [6.07, 6.45) is 9.31. The third kappa shape index (κ3) is 2.61. The van der Waals surface area contributed by atoms with E-state index >= 15 is 0 Å². The van der Waals surface area contributed by atoms with Crippen molar-refractivity contribution in [2.24, 2.45) is 29.6 Å². The predicted octanol–water partition coefficient (Wildman–Crippen LogP) is 2.02. The molecule has 0 unspecified atom stereocenters. The number of nitrogens with zero attached hydrogens (tertiary/aromatic N) is 1. The first-order chi connectivity index (χ1) is 11.7. The second kappa shape index (κ2) is 5.65. The summed E-state index contributed by atoms with van der Waals surface area (Å²) >= 11 is 0. The number of rotatable bonds is 5. The first-order valence-corrected chi connectivity index (χ1v) is 9.81. The van der Waals surface area contributed by atoms with Gasteiger partial charge in [0.05, 0.1) is 18.7 Å². The molecule has 0 aromatic heterocycles. The molecule has 132 valence electrons. The van der Waals surface area contributed by atoms with Gasteiger partial charge in [0.2, 0.25) is 5.88 Å². The zero-order chi connectivity index (χ0) is 16.3. The SMILES string of the molecule is CN1NCC(C(=O)NC2C3CC4CC(C3)CC2C4)=C1OCC1CC1. The fraction of sp³-hybridized carbons (Fsp3) is 0.842. The predicted molar refractivity (Wildman–Crippen MR) is 90.4 cm³/mol. The summed E-state index contributed by atoms with van der Waals surface area (Å²) in [6, 6.07) is 0.397. The number of hydrogen-bond donors (Lipinski definition) is 2. The number of carbonyl (C=O) groups is 1. The van der Waals surface area contributed by atoms with Crippen LogP contribution in [0.3, 0.4) is 0 Å². The van der Waals surface area contributed by atoms with E-state index in [-0.39, 0.29) is 5.91 Å². The number of carbonyl (C=O) groups excluding carboxylic acids is 1. The maximum Gasteiger partial charge on any atom is 0.254 e. The van der Waals surface area contributed by atoms with Gasteiger partial charge in [-0.05, 0) is 74.5 Å². The van der Waals surface area contributed by atoms with Gasteiger partial charge in [0.15, 0.2) is 0 Å². The fourth-order valence-corrected chi connectivity index (χ4v) is 5.79. The molecule has 5 fully saturated rings. The summed E-state index contributed by atoms with van der Waals surface area (Å²) in [4.78, 5) is 12.9. The molecule has 0 saturated heterocycles. The van der Waals surface area contributed by atoms with Crippen molar-refractivity contribution in [1.29, 1.82) is 0 Å². The lowest BCUT2D eigenvalue weighted by Gasteiger charge is -2.54. The van der Waals surface area contributed by atoms with E-state index < -0.39 is 0 Å². The molecule has 0 aromatic rings. The molecule has 5 saturated carbocycles. The highest BCUT2D eigenvalue weighted by atomic mass is 16.5. The van der Waals surface area contributed by atoms with Crippen LogP contribution in [0.5, 0.6) is 0 Å². The first kappa shape index (κ1) is 15.1. The van der Waals surface area contributed by atoms with Crippen LogP contribution in [0.15, 0.2) is 11.5 Å². The van der Waals surface area contributed by atoms with Crippen molar-refractivity contribution in [1.82, 2.24) is 15.8 Å². The molecule has 0 radical (unpaired) electrons. The topological polar surface area (TPSA) is 53.6 Å². The second-order valence-corrected chi connectivity index (χ2v) is 8.86. The molecular formula is C19H29N3O2. The van der Waals surface area contributed by atoms with Gasteiger partial charge in [-0.25, -0.2) is 5.43 Å². The van der Waals surface area contributed by atoms with Crippen LogP contribution in [0.4, 0.5) is 0 Å². The van der Waals surface area contributed by atoms with Gasteiger partial charge in [-0.1, -0.05) is 0 Å². The van der Waals surface area contributed by atoms with Crippen molar-refractivity contribution in [3.05, 3.63) is 11.5 Å². The molecule has 1 aliphatic heterocycles. The molecule has 1 heterocycles. The van der Waals surface area contributed by atoms with E-state index in [1.807, 2.05) is 12.1 Å². The van der Waals surface area contributed by atoms with E-state index in [0.29, 0.717) is 30.3 Å². The lowest BCUT2D eigenvalue weighted by molar-refractivity contribution is -0.121. The highest BCUT2D eigenvalue weighted by Gasteiger charge is 2.49. The maximum absolute atomic E-state index is 12.9. The van der Waals surface area contributed by atoms with Crippen molar-refractivity contribution < 1.29 is 9.53 Å². The number of nitrogens with one attached hydrogen (secondary N) is 2. The van der Waals surface area contributed by atoms with Gasteiger partial charge in [-0.3, -0.25) is 9.80 Å². The van der Waals surface area contributed by atoms with Crippen LogP contribution in [0.25, 0.3) is 0 Å². The van der Waals surface area contributed by atoms with E-state index in [1.54, 1.807) is 0 Å². The van der Waals surface area contributed by atoms with Crippen molar-refractivity contribution in [2.75, 3.05) is 20.2 Å². The summed E-state index contributed by atoms with van der Waals surface area (Å²) < 4.78 is 5.96. The summed E-state index contributed by atoms with van der Waals surface area (Å²) in [5.41, 5.74) is 4.00. The van der Waals surface area contributed by atoms with Crippen LogP contribution in [0.2, 0.25) is 0 Å². The molecule has 0 aromatic carbocycles. The molecular weight excluding hydrogens is 302 g/mol. The van der Waals surface area contributed by atoms with Gasteiger partial charge >= 0.3 is 0 Å². The summed E-state index contributed by atoms with van der Waals surface area (Å²) in [5.74, 6) is 4.84. The molecule has 6 aliphatic rings. The standard InChI is InChI=1S/C19H29N3O2/c1-22-19(24-10-11-2-3-11)16(9-20-22)18(23)21-17-14-5-12-4-13(7-14)8-15(17)6-12/h11-15,17,20H,2-10H2,1H3,(H,21,23). The van der Waals surface area contributed by atoms with Crippen LogP contribution in [-0.4, -0.2) is 37.2 Å². The van der Waals surface area contributed by atoms with Gasteiger partial charge in [0, 0.05) is 13.1 Å². The van der Waals surface area contributed by atoms with Crippen molar-refractivity contribution in [2.45, 2.75) is 51.0 Å². The Kier molecular flexibility index (Phi) is 3.55. The lowest BCUT2D eigenvalue weighted by atomic mass is 9.54. The number of hydrogen-bond acceptors (Lipinski definition) is 4. The molecule has 6 rings (SSSR count). The average Bonchev–Trinajstić information content (AvgIpc) is 3.30. The molecule has 0 atom stereocenters. The van der Waals surface area contributed by atoms with E-state index in [0.717, 1.165) is 29.9 Å². The van der Waals surface area contributed by atoms with Gasteiger partial charge in [-0.2, -0.15) is 0 Å². The van der Waals surface area contributed by atoms with Gasteiger partial charge in [0.25, 0.3) is 5.91 Å². The summed E-state index contributed by atoms with van der Waals surface area (Å²) in [5, 5.41) is 5.28. The largest absolute Gasteiger partial charge is 0.478 e. The summed E-state index contributed by atoms with van der Waals surface area (Å²) in [6.45, 7) is 1.33. The highest BCUT2D eigenvalue weighted by Crippen LogP contribution is 2.53. The molecule has 0 spiro atoms. The zero-order valence-electron chi connectivity index (χ0n) is 14.6. The summed E-state index contributed by atoms with van der Waals surface area (Å²) in [7, 11) is 1.94. The average molecular weight is 331 g/mol. The first-order valence-electron chi connectivity index (χ1n) is 9.81. The molecule has 4 bridgehead atoms. The molecule has 5 aliphatic carbocycles. The normalized spacial score (nSPS) is 40.4. The van der Waals surface area contributed by atoms with E-state index in [9.17, 15) is 4.79 Å². The monoisotopic (exact) mass is 331 g/mol. The molecule has 5 heteroatoms. The van der Waals surface area contributed by atoms with Gasteiger partial charge in [-0.15, -0.1) is 0 Å². The molecule has 5 nitrogen and oxygen atoms in total. The van der Waals surface area contributed by atoms with Crippen molar-refractivity contribution >= 4 is 5.91 Å². The van der Waals surface area contributed by atoms with Crippen LogP contribution >= 0.6 is 0 Å². The number of ether oxygens (including phenoxy) is 1. The maximum atomic E-state index is 12.9. The van der Waals surface area contributed by atoms with Gasteiger partial charge < -0.3 is 10.1 Å². The van der Waals surface area contributed by atoms with Crippen LogP contribution in [-0.2, 0) is 9.53 Å². The Labute approximate surface area is 144 Å². The minimum absolute atomic E-state index is 0.0927. The number of amides is 1. The Balaban J connectivity index is 1.28. The molecule has 2 N–H and O–H groups in total. The lowest BCUT2D eigenvalue weighted by Crippen LogP contribution is -2.56. The Hall–Kier alpha value is -1.23. The molecule has 24 heavy (non-hydrogen) atoms. The third-order valence-electron chi connectivity index (χ3n) is 7.01. The Morgan fingerprint density at radius 3 is 2.46 bits per heavy atom. The second-order valence-electron chi connectivity index (χ2n) is 8.86. The van der Waals surface area contributed by atoms with E-state index in [2.05, 4.69) is 10.7 Å². The highest BCUT2D eigenvalue weighted by molar-refractivity contribution is 5.95. The van der Waals surface area contributed by atoms with Gasteiger partial charge in [0.1, 0.15) is 0 Å². The smallest absolute Gasteiger partial charge is 0.254 e. The van der Waals surface area contributed by atoms with Crippen LogP contribution < -0.4 is 10.7 Å². The van der Waals surface area contributed by atoms with Crippen molar-refractivity contribution in [3.63, 3.8) is 0 Å². The van der Waals surface area contributed by atoms with Crippen molar-refractivity contribution in [3.8, 4) is 0 Å². The molecule has 1 amide bonds. The van der Waals surface area contributed by atoms with E-state index in [4.69, 9.17) is 4.74 Å². The number of hydrazine groups is 1. The third-order valence-corrected chi connectivity index (χ3v) is 7.01. The minimum Gasteiger partial charge on any atom is -0.478 e. The van der Waals surface area contributed by atoms with Crippen LogP contribution in [0, 0.1) is 29.6 Å². The Bertz CT molecular complexity index is 541. The quantitative estimate of drug-likeness (QED) is 0.809. The Morgan fingerprint density at radius 2 is 1.83 bits per heavy atom.